The Hall–Kier alpha value is -2.69. The molecule has 1 aliphatic rings. The zero-order valence-electron chi connectivity index (χ0n) is 16.9. The summed E-state index contributed by atoms with van der Waals surface area (Å²) in [4.78, 5) is 4.28. The average Bonchev–Trinajstić information content (AvgIpc) is 3.15. The van der Waals surface area contributed by atoms with Crippen LogP contribution in [0.2, 0.25) is 0 Å². The van der Waals surface area contributed by atoms with E-state index in [0.29, 0.717) is 11.8 Å². The SMILES string of the molecule is Cc1ccc(-n2c(C(C)C)nnc2C2CCC(Oc3ccccn3)CC2)cc1. The second kappa shape index (κ2) is 8.13. The number of benzene rings is 1. The molecule has 0 saturated heterocycles. The number of aryl methyl sites for hydroxylation is 1. The van der Waals surface area contributed by atoms with Gasteiger partial charge in [-0.1, -0.05) is 37.6 Å². The summed E-state index contributed by atoms with van der Waals surface area (Å²) in [5.41, 5.74) is 2.41. The first-order chi connectivity index (χ1) is 13.6. The fraction of sp³-hybridized carbons (Fsp3) is 0.435. The fourth-order valence-electron chi connectivity index (χ4n) is 3.93. The quantitative estimate of drug-likeness (QED) is 0.614. The van der Waals surface area contributed by atoms with Crippen LogP contribution in [0.5, 0.6) is 5.88 Å². The third-order valence-electron chi connectivity index (χ3n) is 5.49. The van der Waals surface area contributed by atoms with Crippen molar-refractivity contribution in [2.75, 3.05) is 0 Å². The van der Waals surface area contributed by atoms with Gasteiger partial charge in [0.05, 0.1) is 0 Å². The lowest BCUT2D eigenvalue weighted by Crippen LogP contribution is -2.25. The third-order valence-corrected chi connectivity index (χ3v) is 5.49. The number of rotatable bonds is 5. The number of aromatic nitrogens is 4. The highest BCUT2D eigenvalue weighted by atomic mass is 16.5. The lowest BCUT2D eigenvalue weighted by molar-refractivity contribution is 0.139. The van der Waals surface area contributed by atoms with Gasteiger partial charge in [-0.15, -0.1) is 10.2 Å². The van der Waals surface area contributed by atoms with Crippen molar-refractivity contribution in [1.82, 2.24) is 19.7 Å². The van der Waals surface area contributed by atoms with Gasteiger partial charge >= 0.3 is 0 Å². The molecule has 2 aromatic heterocycles. The van der Waals surface area contributed by atoms with E-state index in [9.17, 15) is 0 Å². The summed E-state index contributed by atoms with van der Waals surface area (Å²) in [5.74, 6) is 3.57. The minimum Gasteiger partial charge on any atom is -0.474 e. The molecule has 0 bridgehead atoms. The van der Waals surface area contributed by atoms with Crippen molar-refractivity contribution in [3.05, 3.63) is 65.9 Å². The summed E-state index contributed by atoms with van der Waals surface area (Å²) >= 11 is 0. The molecule has 0 aliphatic heterocycles. The molecule has 5 heteroatoms. The Bertz CT molecular complexity index is 894. The Labute approximate surface area is 166 Å². The van der Waals surface area contributed by atoms with Gasteiger partial charge in [0.25, 0.3) is 0 Å². The minimum absolute atomic E-state index is 0.228. The molecular weight excluding hydrogens is 348 g/mol. The van der Waals surface area contributed by atoms with Crippen molar-refractivity contribution in [1.29, 1.82) is 0 Å². The highest BCUT2D eigenvalue weighted by molar-refractivity contribution is 5.37. The molecule has 0 unspecified atom stereocenters. The fourth-order valence-corrected chi connectivity index (χ4v) is 3.93. The normalized spacial score (nSPS) is 19.7. The van der Waals surface area contributed by atoms with E-state index in [-0.39, 0.29) is 6.10 Å². The van der Waals surface area contributed by atoms with E-state index in [1.54, 1.807) is 6.20 Å². The summed E-state index contributed by atoms with van der Waals surface area (Å²) in [6.07, 6.45) is 6.14. The zero-order chi connectivity index (χ0) is 19.5. The number of ether oxygens (including phenoxy) is 1. The van der Waals surface area contributed by atoms with Crippen LogP contribution in [0.25, 0.3) is 5.69 Å². The predicted molar refractivity (Wildman–Crippen MR) is 110 cm³/mol. The molecule has 28 heavy (non-hydrogen) atoms. The molecule has 0 atom stereocenters. The molecule has 1 fully saturated rings. The maximum absolute atomic E-state index is 6.06. The van der Waals surface area contributed by atoms with E-state index in [1.807, 2.05) is 18.2 Å². The van der Waals surface area contributed by atoms with Crippen molar-refractivity contribution in [3.63, 3.8) is 0 Å². The van der Waals surface area contributed by atoms with E-state index in [4.69, 9.17) is 4.74 Å². The second-order valence-corrected chi connectivity index (χ2v) is 8.00. The van der Waals surface area contributed by atoms with Crippen LogP contribution in [0.3, 0.4) is 0 Å². The van der Waals surface area contributed by atoms with Crippen molar-refractivity contribution < 1.29 is 4.74 Å². The molecule has 0 N–H and O–H groups in total. The molecule has 2 heterocycles. The lowest BCUT2D eigenvalue weighted by Gasteiger charge is -2.28. The van der Waals surface area contributed by atoms with Crippen LogP contribution < -0.4 is 4.74 Å². The Morgan fingerprint density at radius 1 is 0.964 bits per heavy atom. The van der Waals surface area contributed by atoms with Crippen LogP contribution in [0.4, 0.5) is 0 Å². The Morgan fingerprint density at radius 2 is 1.71 bits per heavy atom. The Morgan fingerprint density at radius 3 is 2.36 bits per heavy atom. The van der Waals surface area contributed by atoms with Gasteiger partial charge in [-0.05, 0) is 50.8 Å². The van der Waals surface area contributed by atoms with E-state index in [0.717, 1.165) is 48.9 Å². The number of nitrogens with zero attached hydrogens (tertiary/aromatic N) is 4. The van der Waals surface area contributed by atoms with Gasteiger partial charge in [0.2, 0.25) is 5.88 Å². The largest absolute Gasteiger partial charge is 0.474 e. The highest BCUT2D eigenvalue weighted by Crippen LogP contribution is 2.35. The van der Waals surface area contributed by atoms with Crippen LogP contribution >= 0.6 is 0 Å². The smallest absolute Gasteiger partial charge is 0.213 e. The standard InChI is InChI=1S/C23H28N4O/c1-16(2)22-25-26-23(27(22)19-11-7-17(3)8-12-19)18-9-13-20(14-10-18)28-21-6-4-5-15-24-21/h4-8,11-12,15-16,18,20H,9-10,13-14H2,1-3H3. The first kappa shape index (κ1) is 18.7. The molecule has 1 aromatic carbocycles. The Balaban J connectivity index is 1.53. The molecule has 5 nitrogen and oxygen atoms in total. The summed E-state index contributed by atoms with van der Waals surface area (Å²) in [7, 11) is 0. The van der Waals surface area contributed by atoms with Crippen molar-refractivity contribution >= 4 is 0 Å². The van der Waals surface area contributed by atoms with Crippen LogP contribution in [0, 0.1) is 6.92 Å². The van der Waals surface area contributed by atoms with Gasteiger partial charge in [-0.2, -0.15) is 0 Å². The number of hydrogen-bond acceptors (Lipinski definition) is 4. The average molecular weight is 377 g/mol. The molecule has 0 amide bonds. The second-order valence-electron chi connectivity index (χ2n) is 8.00. The third kappa shape index (κ3) is 3.93. The molecule has 146 valence electrons. The zero-order valence-corrected chi connectivity index (χ0v) is 16.9. The summed E-state index contributed by atoms with van der Waals surface area (Å²) in [6.45, 7) is 6.47. The van der Waals surface area contributed by atoms with E-state index < -0.39 is 0 Å². The molecular formula is C23H28N4O. The van der Waals surface area contributed by atoms with E-state index in [2.05, 4.69) is 64.8 Å². The van der Waals surface area contributed by atoms with Gasteiger partial charge in [0.15, 0.2) is 0 Å². The van der Waals surface area contributed by atoms with Gasteiger partial charge < -0.3 is 4.74 Å². The first-order valence-electron chi connectivity index (χ1n) is 10.2. The Kier molecular flexibility index (Phi) is 5.42. The minimum atomic E-state index is 0.228. The van der Waals surface area contributed by atoms with Gasteiger partial charge in [0, 0.05) is 29.8 Å². The molecule has 1 aliphatic carbocycles. The van der Waals surface area contributed by atoms with E-state index >= 15 is 0 Å². The van der Waals surface area contributed by atoms with Crippen LogP contribution in [0.15, 0.2) is 48.7 Å². The topological polar surface area (TPSA) is 52.8 Å². The highest BCUT2D eigenvalue weighted by Gasteiger charge is 2.29. The monoisotopic (exact) mass is 376 g/mol. The number of hydrogen-bond donors (Lipinski definition) is 0. The van der Waals surface area contributed by atoms with Crippen molar-refractivity contribution in [2.45, 2.75) is 64.4 Å². The summed E-state index contributed by atoms with van der Waals surface area (Å²) in [6, 6.07) is 14.4. The van der Waals surface area contributed by atoms with Crippen LogP contribution in [0.1, 0.15) is 68.6 Å². The maximum Gasteiger partial charge on any atom is 0.213 e. The number of pyridine rings is 1. The lowest BCUT2D eigenvalue weighted by atomic mass is 9.86. The van der Waals surface area contributed by atoms with E-state index in [1.165, 1.54) is 5.56 Å². The molecule has 4 rings (SSSR count). The first-order valence-corrected chi connectivity index (χ1v) is 10.2. The summed E-state index contributed by atoms with van der Waals surface area (Å²) < 4.78 is 8.33. The molecule has 3 aromatic rings. The maximum atomic E-state index is 6.06. The molecule has 1 saturated carbocycles. The predicted octanol–water partition coefficient (Wildman–Crippen LogP) is 5.20. The van der Waals surface area contributed by atoms with Gasteiger partial charge in [-0.3, -0.25) is 4.57 Å². The van der Waals surface area contributed by atoms with Crippen LogP contribution in [-0.4, -0.2) is 25.9 Å². The molecule has 0 spiro atoms. The van der Waals surface area contributed by atoms with Crippen LogP contribution in [-0.2, 0) is 0 Å². The summed E-state index contributed by atoms with van der Waals surface area (Å²) in [5, 5.41) is 9.18. The van der Waals surface area contributed by atoms with Gasteiger partial charge in [-0.25, -0.2) is 4.98 Å². The van der Waals surface area contributed by atoms with Crippen molar-refractivity contribution in [3.8, 4) is 11.6 Å². The van der Waals surface area contributed by atoms with Gasteiger partial charge in [0.1, 0.15) is 17.8 Å². The van der Waals surface area contributed by atoms with Crippen molar-refractivity contribution in [2.24, 2.45) is 0 Å². The molecule has 0 radical (unpaired) electrons.